The maximum absolute atomic E-state index is 12.4. The molecule has 2 rings (SSSR count). The Bertz CT molecular complexity index is 658. The molecular formula is C17H20N2O2. The largest absolute Gasteiger partial charge is 0.356 e. The average molecular weight is 284 g/mol. The van der Waals surface area contributed by atoms with Gasteiger partial charge >= 0.3 is 0 Å². The van der Waals surface area contributed by atoms with Crippen molar-refractivity contribution in [1.82, 2.24) is 10.3 Å². The van der Waals surface area contributed by atoms with E-state index in [9.17, 15) is 9.59 Å². The molecule has 0 unspecified atom stereocenters. The Morgan fingerprint density at radius 2 is 2.00 bits per heavy atom. The van der Waals surface area contributed by atoms with Gasteiger partial charge in [-0.25, -0.2) is 0 Å². The van der Waals surface area contributed by atoms with Crippen molar-refractivity contribution in [2.24, 2.45) is 0 Å². The summed E-state index contributed by atoms with van der Waals surface area (Å²) in [5, 5.41) is 2.87. The molecule has 1 atom stereocenters. The van der Waals surface area contributed by atoms with Gasteiger partial charge in [-0.1, -0.05) is 31.2 Å². The normalized spacial score (nSPS) is 12.0. The minimum Gasteiger partial charge on any atom is -0.356 e. The summed E-state index contributed by atoms with van der Waals surface area (Å²) in [5.74, 6) is -0.264. The van der Waals surface area contributed by atoms with Gasteiger partial charge in [0.15, 0.2) is 5.78 Å². The van der Waals surface area contributed by atoms with Crippen LogP contribution in [0.5, 0.6) is 0 Å². The van der Waals surface area contributed by atoms with E-state index in [0.29, 0.717) is 16.8 Å². The van der Waals surface area contributed by atoms with Crippen molar-refractivity contribution >= 4 is 11.7 Å². The molecule has 1 aromatic heterocycles. The monoisotopic (exact) mass is 284 g/mol. The molecule has 0 saturated heterocycles. The summed E-state index contributed by atoms with van der Waals surface area (Å²) in [6.07, 6.45) is 2.45. The predicted molar refractivity (Wildman–Crippen MR) is 82.6 cm³/mol. The topological polar surface area (TPSA) is 62.0 Å². The highest BCUT2D eigenvalue weighted by atomic mass is 16.2. The molecule has 0 aliphatic carbocycles. The molecule has 21 heavy (non-hydrogen) atoms. The molecule has 0 radical (unpaired) electrons. The number of carbonyl (C=O) groups is 2. The molecular weight excluding hydrogens is 264 g/mol. The molecule has 4 nitrogen and oxygen atoms in total. The van der Waals surface area contributed by atoms with Crippen LogP contribution in [0.25, 0.3) is 0 Å². The highest BCUT2D eigenvalue weighted by Crippen LogP contribution is 2.15. The number of ketones is 1. The van der Waals surface area contributed by atoms with Gasteiger partial charge in [0, 0.05) is 23.4 Å². The Balaban J connectivity index is 2.18. The number of aromatic nitrogens is 1. The number of hydrogen-bond acceptors (Lipinski definition) is 2. The third-order valence-corrected chi connectivity index (χ3v) is 3.57. The predicted octanol–water partition coefficient (Wildman–Crippen LogP) is 3.08. The number of aryl methyl sites for hydroxylation is 1. The van der Waals surface area contributed by atoms with Crippen molar-refractivity contribution < 1.29 is 9.59 Å². The molecule has 1 amide bonds. The van der Waals surface area contributed by atoms with Crippen molar-refractivity contribution in [3.63, 3.8) is 0 Å². The van der Waals surface area contributed by atoms with E-state index in [4.69, 9.17) is 0 Å². The summed E-state index contributed by atoms with van der Waals surface area (Å²) in [4.78, 5) is 27.3. The number of H-pyrrole nitrogens is 1. The minimum absolute atomic E-state index is 0.0769. The van der Waals surface area contributed by atoms with Crippen LogP contribution in [0.3, 0.4) is 0 Å². The zero-order valence-electron chi connectivity index (χ0n) is 12.6. The second kappa shape index (κ2) is 6.39. The van der Waals surface area contributed by atoms with E-state index >= 15 is 0 Å². The van der Waals surface area contributed by atoms with Gasteiger partial charge in [-0.05, 0) is 31.9 Å². The minimum atomic E-state index is -0.187. The van der Waals surface area contributed by atoms with Crippen LogP contribution in [0, 0.1) is 6.92 Å². The zero-order valence-corrected chi connectivity index (χ0v) is 12.6. The van der Waals surface area contributed by atoms with Gasteiger partial charge < -0.3 is 10.3 Å². The van der Waals surface area contributed by atoms with Crippen molar-refractivity contribution in [1.29, 1.82) is 0 Å². The number of benzene rings is 1. The summed E-state index contributed by atoms with van der Waals surface area (Å²) in [6.45, 7) is 5.85. The maximum Gasteiger partial charge on any atom is 0.267 e. The van der Waals surface area contributed by atoms with Gasteiger partial charge in [0.25, 0.3) is 5.91 Å². The molecule has 0 aliphatic rings. The summed E-state index contributed by atoms with van der Waals surface area (Å²) in [5.41, 5.74) is 2.49. The molecule has 1 aromatic carbocycles. The van der Waals surface area contributed by atoms with Crippen molar-refractivity contribution in [3.8, 4) is 0 Å². The van der Waals surface area contributed by atoms with E-state index in [2.05, 4.69) is 10.3 Å². The molecule has 1 heterocycles. The molecule has 0 spiro atoms. The summed E-state index contributed by atoms with van der Waals surface area (Å²) >= 11 is 0. The highest BCUT2D eigenvalue weighted by molar-refractivity contribution is 6.11. The van der Waals surface area contributed by atoms with E-state index < -0.39 is 0 Å². The van der Waals surface area contributed by atoms with E-state index in [1.165, 1.54) is 0 Å². The molecule has 110 valence electrons. The number of aromatic amines is 1. The van der Waals surface area contributed by atoms with Crippen LogP contribution in [-0.2, 0) is 0 Å². The zero-order chi connectivity index (χ0) is 15.4. The van der Waals surface area contributed by atoms with Crippen molar-refractivity contribution in [2.45, 2.75) is 33.2 Å². The molecule has 0 fully saturated rings. The fourth-order valence-electron chi connectivity index (χ4n) is 2.04. The molecule has 4 heteroatoms. The summed E-state index contributed by atoms with van der Waals surface area (Å²) in [6, 6.07) is 9.14. The van der Waals surface area contributed by atoms with Crippen LogP contribution in [0.4, 0.5) is 0 Å². The van der Waals surface area contributed by atoms with Crippen molar-refractivity contribution in [2.75, 3.05) is 0 Å². The number of amides is 1. The second-order valence-corrected chi connectivity index (χ2v) is 5.23. The smallest absolute Gasteiger partial charge is 0.267 e. The molecule has 0 aliphatic heterocycles. The lowest BCUT2D eigenvalue weighted by atomic mass is 10.0. The summed E-state index contributed by atoms with van der Waals surface area (Å²) in [7, 11) is 0. The first-order valence-electron chi connectivity index (χ1n) is 7.12. The number of rotatable bonds is 5. The Morgan fingerprint density at radius 3 is 2.67 bits per heavy atom. The highest BCUT2D eigenvalue weighted by Gasteiger charge is 2.16. The Kier molecular flexibility index (Phi) is 4.58. The SMILES string of the molecule is CC[C@@H](C)NC(=O)c1cc(C(=O)c2ccccc2C)c[nH]1. The Morgan fingerprint density at radius 1 is 1.29 bits per heavy atom. The fourth-order valence-corrected chi connectivity index (χ4v) is 2.04. The van der Waals surface area contributed by atoms with Crippen LogP contribution < -0.4 is 5.32 Å². The molecule has 0 bridgehead atoms. The van der Waals surface area contributed by atoms with Gasteiger partial charge in [0.05, 0.1) is 0 Å². The van der Waals surface area contributed by atoms with Crippen LogP contribution in [0.2, 0.25) is 0 Å². The van der Waals surface area contributed by atoms with Gasteiger partial charge in [0.1, 0.15) is 5.69 Å². The van der Waals surface area contributed by atoms with Gasteiger partial charge in [-0.15, -0.1) is 0 Å². The third kappa shape index (κ3) is 3.40. The molecule has 0 saturated carbocycles. The van der Waals surface area contributed by atoms with Crippen LogP contribution in [0.15, 0.2) is 36.5 Å². The lowest BCUT2D eigenvalue weighted by molar-refractivity contribution is 0.0934. The first-order valence-corrected chi connectivity index (χ1v) is 7.12. The van der Waals surface area contributed by atoms with E-state index in [1.54, 1.807) is 18.3 Å². The molecule has 2 N–H and O–H groups in total. The third-order valence-electron chi connectivity index (χ3n) is 3.57. The Hall–Kier alpha value is -2.36. The first kappa shape index (κ1) is 15.0. The van der Waals surface area contributed by atoms with Crippen molar-refractivity contribution in [3.05, 3.63) is 58.9 Å². The quantitative estimate of drug-likeness (QED) is 0.829. The van der Waals surface area contributed by atoms with Gasteiger partial charge in [-0.2, -0.15) is 0 Å². The second-order valence-electron chi connectivity index (χ2n) is 5.23. The Labute approximate surface area is 124 Å². The van der Waals surface area contributed by atoms with Crippen LogP contribution >= 0.6 is 0 Å². The van der Waals surface area contributed by atoms with Gasteiger partial charge in [0.2, 0.25) is 0 Å². The number of hydrogen-bond donors (Lipinski definition) is 2. The van der Waals surface area contributed by atoms with Crippen LogP contribution in [-0.4, -0.2) is 22.7 Å². The van der Waals surface area contributed by atoms with Gasteiger partial charge in [-0.3, -0.25) is 9.59 Å². The number of nitrogens with one attached hydrogen (secondary N) is 2. The van der Waals surface area contributed by atoms with Crippen LogP contribution in [0.1, 0.15) is 52.2 Å². The first-order chi connectivity index (χ1) is 10.0. The maximum atomic E-state index is 12.4. The lowest BCUT2D eigenvalue weighted by Crippen LogP contribution is -2.32. The standard InChI is InChI=1S/C17H20N2O2/c1-4-12(3)19-17(21)15-9-13(10-18-15)16(20)14-8-6-5-7-11(14)2/h5-10,12,18H,4H2,1-3H3,(H,19,21)/t12-/m1/s1. The van der Waals surface area contributed by atoms with E-state index in [1.807, 2.05) is 39.0 Å². The fraction of sp³-hybridized carbons (Fsp3) is 0.294. The van der Waals surface area contributed by atoms with E-state index in [-0.39, 0.29) is 17.7 Å². The lowest BCUT2D eigenvalue weighted by Gasteiger charge is -2.09. The van der Waals surface area contributed by atoms with E-state index in [0.717, 1.165) is 12.0 Å². The number of carbonyl (C=O) groups excluding carboxylic acids is 2. The summed E-state index contributed by atoms with van der Waals surface area (Å²) < 4.78 is 0. The average Bonchev–Trinajstić information content (AvgIpc) is 2.96. The molecule has 2 aromatic rings.